The van der Waals surface area contributed by atoms with Crippen molar-refractivity contribution < 1.29 is 4.74 Å². The predicted molar refractivity (Wildman–Crippen MR) is 93.7 cm³/mol. The smallest absolute Gasteiger partial charge is 0.217 e. The molecule has 1 unspecified atom stereocenters. The molecule has 0 saturated heterocycles. The second-order valence-corrected chi connectivity index (χ2v) is 5.53. The van der Waals surface area contributed by atoms with Crippen molar-refractivity contribution in [3.63, 3.8) is 0 Å². The highest BCUT2D eigenvalue weighted by Crippen LogP contribution is 2.25. The highest BCUT2D eigenvalue weighted by atomic mass is 16.5. The van der Waals surface area contributed by atoms with Crippen molar-refractivity contribution in [1.29, 1.82) is 0 Å². The quantitative estimate of drug-likeness (QED) is 0.839. The zero-order valence-corrected chi connectivity index (χ0v) is 13.5. The highest BCUT2D eigenvalue weighted by Gasteiger charge is 2.25. The summed E-state index contributed by atoms with van der Waals surface area (Å²) in [6, 6.07) is 14.1. The van der Waals surface area contributed by atoms with Crippen LogP contribution >= 0.6 is 0 Å². The first kappa shape index (κ1) is 15.3. The Hall–Kier alpha value is -2.62. The van der Waals surface area contributed by atoms with Crippen LogP contribution in [0.15, 0.2) is 71.7 Å². The second kappa shape index (κ2) is 7.09. The van der Waals surface area contributed by atoms with Crippen LogP contribution in [0.25, 0.3) is 0 Å². The summed E-state index contributed by atoms with van der Waals surface area (Å²) < 4.78 is 6.00. The number of para-hydroxylation sites is 1. The molecule has 1 aliphatic rings. The van der Waals surface area contributed by atoms with Crippen molar-refractivity contribution in [3.8, 4) is 5.75 Å². The van der Waals surface area contributed by atoms with Gasteiger partial charge < -0.3 is 9.64 Å². The Morgan fingerprint density at radius 3 is 2.65 bits per heavy atom. The molecule has 1 atom stereocenters. The van der Waals surface area contributed by atoms with Gasteiger partial charge in [-0.1, -0.05) is 31.5 Å². The number of rotatable bonds is 4. The standard InChI is InChI=1S/C19H21N3O/c1-3-8-16-14-22(17-9-5-4-6-10-17)15(2)19(21-16)23-18-11-7-12-20-13-18/h4-7,9-15H,3,8H2,1-2H3. The van der Waals surface area contributed by atoms with E-state index in [1.807, 2.05) is 30.3 Å². The van der Waals surface area contributed by atoms with Gasteiger partial charge in [0.05, 0.1) is 11.9 Å². The molecule has 0 N–H and O–H groups in total. The Balaban J connectivity index is 1.90. The van der Waals surface area contributed by atoms with Gasteiger partial charge in [0.2, 0.25) is 5.90 Å². The summed E-state index contributed by atoms with van der Waals surface area (Å²) in [6.45, 7) is 4.25. The van der Waals surface area contributed by atoms with Crippen molar-refractivity contribution in [1.82, 2.24) is 4.98 Å². The summed E-state index contributed by atoms with van der Waals surface area (Å²) in [4.78, 5) is 11.0. The normalized spacial score (nSPS) is 17.5. The number of nitrogens with zero attached hydrogens (tertiary/aromatic N) is 3. The molecule has 0 aliphatic carbocycles. The molecule has 3 rings (SSSR count). The van der Waals surface area contributed by atoms with Crippen molar-refractivity contribution >= 4 is 11.6 Å². The van der Waals surface area contributed by atoms with Crippen molar-refractivity contribution in [3.05, 3.63) is 66.8 Å². The maximum absolute atomic E-state index is 6.00. The second-order valence-electron chi connectivity index (χ2n) is 5.53. The van der Waals surface area contributed by atoms with Crippen LogP contribution in [-0.2, 0) is 0 Å². The fourth-order valence-corrected chi connectivity index (χ4v) is 2.57. The van der Waals surface area contributed by atoms with Gasteiger partial charge >= 0.3 is 0 Å². The van der Waals surface area contributed by atoms with Gasteiger partial charge in [-0.25, -0.2) is 4.99 Å². The summed E-state index contributed by atoms with van der Waals surface area (Å²) in [6.07, 6.45) is 7.54. The fraction of sp³-hybridized carbons (Fsp3) is 0.263. The molecule has 2 heterocycles. The van der Waals surface area contributed by atoms with Crippen LogP contribution in [0.5, 0.6) is 5.75 Å². The molecule has 1 aromatic carbocycles. The van der Waals surface area contributed by atoms with E-state index < -0.39 is 0 Å². The minimum Gasteiger partial charge on any atom is -0.439 e. The number of ether oxygens (including phenoxy) is 1. The van der Waals surface area contributed by atoms with Crippen molar-refractivity contribution in [2.24, 2.45) is 4.99 Å². The minimum absolute atomic E-state index is 0.0261. The monoisotopic (exact) mass is 307 g/mol. The first-order valence-electron chi connectivity index (χ1n) is 7.98. The van der Waals surface area contributed by atoms with Gasteiger partial charge in [0, 0.05) is 18.1 Å². The van der Waals surface area contributed by atoms with Gasteiger partial charge in [-0.3, -0.25) is 4.98 Å². The molecule has 0 amide bonds. The lowest BCUT2D eigenvalue weighted by Gasteiger charge is -2.32. The number of pyridine rings is 1. The summed E-state index contributed by atoms with van der Waals surface area (Å²) in [5.41, 5.74) is 2.17. The predicted octanol–water partition coefficient (Wildman–Crippen LogP) is 4.41. The molecule has 0 spiro atoms. The van der Waals surface area contributed by atoms with E-state index in [0.29, 0.717) is 11.6 Å². The fourth-order valence-electron chi connectivity index (χ4n) is 2.57. The SMILES string of the molecule is CCCC1=CN(c2ccccc2)C(C)C(Oc2cccnc2)=N1. The van der Waals surface area contributed by atoms with E-state index in [4.69, 9.17) is 9.73 Å². The first-order valence-corrected chi connectivity index (χ1v) is 7.98. The molecule has 0 radical (unpaired) electrons. The van der Waals surface area contributed by atoms with E-state index in [0.717, 1.165) is 24.2 Å². The third-order valence-electron chi connectivity index (χ3n) is 3.73. The van der Waals surface area contributed by atoms with Gasteiger partial charge in [0.15, 0.2) is 0 Å². The summed E-state index contributed by atoms with van der Waals surface area (Å²) in [5.74, 6) is 1.41. The van der Waals surface area contributed by atoms with E-state index in [1.165, 1.54) is 0 Å². The molecule has 23 heavy (non-hydrogen) atoms. The first-order chi connectivity index (χ1) is 11.3. The van der Waals surface area contributed by atoms with E-state index in [1.54, 1.807) is 12.4 Å². The molecule has 0 bridgehead atoms. The Morgan fingerprint density at radius 2 is 1.96 bits per heavy atom. The summed E-state index contributed by atoms with van der Waals surface area (Å²) in [7, 11) is 0. The maximum Gasteiger partial charge on any atom is 0.217 e. The zero-order valence-electron chi connectivity index (χ0n) is 13.5. The largest absolute Gasteiger partial charge is 0.439 e. The van der Waals surface area contributed by atoms with Crippen LogP contribution in [-0.4, -0.2) is 16.9 Å². The number of aromatic nitrogens is 1. The Labute approximate surface area is 137 Å². The lowest BCUT2D eigenvalue weighted by atomic mass is 10.1. The van der Waals surface area contributed by atoms with Gasteiger partial charge in [-0.05, 0) is 37.6 Å². The van der Waals surface area contributed by atoms with Crippen molar-refractivity contribution in [2.75, 3.05) is 4.90 Å². The van der Waals surface area contributed by atoms with Crippen molar-refractivity contribution in [2.45, 2.75) is 32.7 Å². The molecular formula is C19H21N3O. The number of aliphatic imine (C=N–C) groups is 1. The summed E-state index contributed by atoms with van der Waals surface area (Å²) in [5, 5.41) is 0. The number of hydrogen-bond acceptors (Lipinski definition) is 4. The van der Waals surface area contributed by atoms with Gasteiger partial charge in [0.25, 0.3) is 0 Å². The Bertz CT molecular complexity index is 695. The minimum atomic E-state index is 0.0261. The molecule has 1 aromatic heterocycles. The van der Waals surface area contributed by atoms with Crippen LogP contribution in [0, 0.1) is 0 Å². The maximum atomic E-state index is 6.00. The summed E-state index contributed by atoms with van der Waals surface area (Å²) >= 11 is 0. The van der Waals surface area contributed by atoms with Crippen LogP contribution in [0.3, 0.4) is 0 Å². The van der Waals surface area contributed by atoms with Gasteiger partial charge in [-0.15, -0.1) is 0 Å². The third kappa shape index (κ3) is 3.59. The number of benzene rings is 1. The van der Waals surface area contributed by atoms with E-state index in [2.05, 4.69) is 42.1 Å². The third-order valence-corrected chi connectivity index (χ3v) is 3.73. The van der Waals surface area contributed by atoms with Crippen LogP contribution in [0.1, 0.15) is 26.7 Å². The van der Waals surface area contributed by atoms with E-state index in [9.17, 15) is 0 Å². The topological polar surface area (TPSA) is 37.7 Å². The Kier molecular flexibility index (Phi) is 4.71. The number of allylic oxidation sites excluding steroid dienone is 1. The van der Waals surface area contributed by atoms with E-state index in [-0.39, 0.29) is 6.04 Å². The zero-order chi connectivity index (χ0) is 16.1. The van der Waals surface area contributed by atoms with Crippen LogP contribution in [0.4, 0.5) is 5.69 Å². The molecule has 0 saturated carbocycles. The molecular weight excluding hydrogens is 286 g/mol. The highest BCUT2D eigenvalue weighted by molar-refractivity contribution is 5.89. The molecule has 1 aliphatic heterocycles. The lowest BCUT2D eigenvalue weighted by Crippen LogP contribution is -2.40. The Morgan fingerprint density at radius 1 is 1.13 bits per heavy atom. The number of hydrogen-bond donors (Lipinski definition) is 0. The van der Waals surface area contributed by atoms with E-state index >= 15 is 0 Å². The van der Waals surface area contributed by atoms with Gasteiger partial charge in [-0.2, -0.15) is 0 Å². The molecule has 118 valence electrons. The average Bonchev–Trinajstić information content (AvgIpc) is 2.59. The molecule has 4 nitrogen and oxygen atoms in total. The molecule has 0 fully saturated rings. The van der Waals surface area contributed by atoms with Crippen LogP contribution < -0.4 is 9.64 Å². The number of anilines is 1. The van der Waals surface area contributed by atoms with Crippen LogP contribution in [0.2, 0.25) is 0 Å². The lowest BCUT2D eigenvalue weighted by molar-refractivity contribution is 0.510. The molecule has 2 aromatic rings. The van der Waals surface area contributed by atoms with Gasteiger partial charge in [0.1, 0.15) is 11.8 Å². The average molecular weight is 307 g/mol. The molecule has 4 heteroatoms.